The van der Waals surface area contributed by atoms with Gasteiger partial charge in [-0.05, 0) is 73.8 Å². The summed E-state index contributed by atoms with van der Waals surface area (Å²) in [4.78, 5) is 26.9. The van der Waals surface area contributed by atoms with E-state index in [1.165, 1.54) is 25.7 Å². The maximum Gasteiger partial charge on any atom is 4.00 e. The van der Waals surface area contributed by atoms with Crippen molar-refractivity contribution in [3.8, 4) is 45.3 Å². The molecule has 0 saturated heterocycles. The van der Waals surface area contributed by atoms with E-state index in [9.17, 15) is 43.9 Å². The van der Waals surface area contributed by atoms with Crippen molar-refractivity contribution in [1.82, 2.24) is 19.9 Å². The van der Waals surface area contributed by atoms with Crippen LogP contribution in [0.5, 0.6) is 0 Å². The number of benzene rings is 4. The summed E-state index contributed by atoms with van der Waals surface area (Å²) in [5.41, 5.74) is 7.57. The van der Waals surface area contributed by atoms with Crippen LogP contribution in [0.4, 0.5) is 43.9 Å². The van der Waals surface area contributed by atoms with Crippen LogP contribution in [0, 0.1) is 98.7 Å². The van der Waals surface area contributed by atoms with Crippen molar-refractivity contribution in [3.63, 3.8) is 0 Å². The summed E-state index contributed by atoms with van der Waals surface area (Å²) < 4.78 is 120. The Labute approximate surface area is 467 Å². The Morgan fingerprint density at radius 2 is 0.776 bits per heavy atom. The monoisotopic (exact) mass is 1420 g/mol. The van der Waals surface area contributed by atoms with Gasteiger partial charge in [0.2, 0.25) is 0 Å². The van der Waals surface area contributed by atoms with E-state index >= 15 is 0 Å². The normalized spacial score (nSPS) is 10.7. The number of aliphatic carboxylic acids is 1. The molecule has 6 nitrogen and oxygen atoms in total. The second-order valence-corrected chi connectivity index (χ2v) is 13.9. The summed E-state index contributed by atoms with van der Waals surface area (Å²) in [5.74, 6) is -20.9. The first-order chi connectivity index (χ1) is 33.7. The number of carboxylic acids is 1. The van der Waals surface area contributed by atoms with E-state index in [-0.39, 0.29) is 71.8 Å². The number of hydrogen-bond donors (Lipinski definition) is 1. The topological polar surface area (TPSA) is 88.9 Å². The predicted molar refractivity (Wildman–Crippen MR) is 271 cm³/mol. The van der Waals surface area contributed by atoms with Crippen molar-refractivity contribution >= 4 is 5.97 Å². The number of rotatable bonds is 4. The summed E-state index contributed by atoms with van der Waals surface area (Å²) in [6.07, 6.45) is 17.6. The molecule has 8 aromatic rings. The maximum atomic E-state index is 12.0. The third-order valence-corrected chi connectivity index (χ3v) is 8.72. The first-order valence-electron chi connectivity index (χ1n) is 20.8. The molecule has 0 amide bonds. The number of carbonyl (C=O) groups is 1. The molecular formula is C58H52F10N4O2Pt2. The fourth-order valence-electron chi connectivity index (χ4n) is 5.50. The maximum absolute atomic E-state index is 12.0. The second kappa shape index (κ2) is 39.5. The largest absolute Gasteiger partial charge is 4.00 e. The minimum absolute atomic E-state index is 0. The van der Waals surface area contributed by atoms with E-state index < -0.39 is 64.1 Å². The van der Waals surface area contributed by atoms with Gasteiger partial charge in [0, 0.05) is 24.9 Å². The molecule has 76 heavy (non-hydrogen) atoms. The Morgan fingerprint density at radius 3 is 1.13 bits per heavy atom. The van der Waals surface area contributed by atoms with Crippen LogP contribution < -0.4 is 0 Å². The number of aromatic nitrogens is 4. The van der Waals surface area contributed by atoms with Crippen LogP contribution in [0.3, 0.4) is 0 Å². The second-order valence-electron chi connectivity index (χ2n) is 13.9. The van der Waals surface area contributed by atoms with Crippen LogP contribution in [0.1, 0.15) is 40.0 Å². The number of carboxylic acid groups (broad SMARTS) is 1. The van der Waals surface area contributed by atoms with E-state index in [0.29, 0.717) is 0 Å². The van der Waals surface area contributed by atoms with E-state index in [1.54, 1.807) is 12.4 Å². The van der Waals surface area contributed by atoms with E-state index in [0.717, 1.165) is 64.3 Å². The van der Waals surface area contributed by atoms with Crippen LogP contribution in [0.2, 0.25) is 0 Å². The molecule has 0 unspecified atom stereocenters. The number of pyridine rings is 4. The number of halogens is 10. The average Bonchev–Trinajstić information content (AvgIpc) is 3.38. The van der Waals surface area contributed by atoms with Crippen LogP contribution in [0.25, 0.3) is 45.3 Å². The standard InChI is InChI=1S/C16H12N2.C16H11N2.C8H12.2C6F5.C2H4O2.CH4.3CH3.2Pt/c2*1-2-7-13(8-3-1)14-10-6-11-16(18-14)15-9-4-5-12-17-15;1-2-4-6-8-7-5-3-1;2*7-2-1-3(8)5(10)6(11)4(2)9;1-2(3)4;;;;;;/h1-12H;1-7,9-12H;1-2,7-8H,3-6H2;;;1H3,(H,3,4);1H4;3*1H3;;/q;-1;;2*-1;;;3*-1;+2;+4/b;;2-1-,8-7?;;;;;;;;;. The van der Waals surface area contributed by atoms with Crippen molar-refractivity contribution < 1.29 is 95.9 Å². The SMILES string of the molecule is C.C1=CCC/C=C\CC1.CC(=O)O.Fc1[c-]c(F)c(F)c(F)c1F.Fc1[c-]c(F)c(F)c(F)c1F.[CH3-].[CH3-].[CH3-].[Pt+2].[Pt+4].[c-]1ccccc1-c1cccc(-c2ccccn2)n1.c1ccc(-c2cccc(-c3ccccn3)n2)cc1. The zero-order chi connectivity index (χ0) is 50.8. The molecule has 4 aromatic carbocycles. The molecule has 1 N–H and O–H groups in total. The predicted octanol–water partition coefficient (Wildman–Crippen LogP) is 16.5. The average molecular weight is 1420 g/mol. The first-order valence-corrected chi connectivity index (χ1v) is 20.8. The molecule has 1 aliphatic carbocycles. The molecule has 18 heteroatoms. The molecule has 0 fully saturated rings. The third kappa shape index (κ3) is 24.6. The molecule has 0 atom stereocenters. The van der Waals surface area contributed by atoms with Gasteiger partial charge in [0.05, 0.1) is 86.6 Å². The molecule has 406 valence electrons. The molecule has 0 spiro atoms. The van der Waals surface area contributed by atoms with E-state index in [1.807, 2.05) is 115 Å². The first kappa shape index (κ1) is 73.4. The van der Waals surface area contributed by atoms with E-state index in [2.05, 4.69) is 62.4 Å². The van der Waals surface area contributed by atoms with Crippen molar-refractivity contribution in [2.75, 3.05) is 0 Å². The summed E-state index contributed by atoms with van der Waals surface area (Å²) >= 11 is 0. The Morgan fingerprint density at radius 1 is 0.447 bits per heavy atom. The van der Waals surface area contributed by atoms with E-state index in [4.69, 9.17) is 9.90 Å². The molecule has 9 rings (SSSR count). The van der Waals surface area contributed by atoms with Crippen LogP contribution in [-0.4, -0.2) is 31.0 Å². The zero-order valence-corrected chi connectivity index (χ0v) is 45.0. The quantitative estimate of drug-likeness (QED) is 0.0621. The molecule has 0 radical (unpaired) electrons. The Hall–Kier alpha value is -6.89. The smallest absolute Gasteiger partial charge is 0.481 e. The van der Waals surface area contributed by atoms with Crippen molar-refractivity contribution in [2.24, 2.45) is 0 Å². The van der Waals surface area contributed by atoms with Gasteiger partial charge in [-0.15, -0.1) is 48.0 Å². The summed E-state index contributed by atoms with van der Waals surface area (Å²) in [5, 5.41) is 7.42. The third-order valence-electron chi connectivity index (χ3n) is 8.72. The summed E-state index contributed by atoms with van der Waals surface area (Å²) in [7, 11) is 0. The fraction of sp³-hybridized carbons (Fsp3) is 0.103. The molecule has 0 aliphatic heterocycles. The molecular weight excluding hydrogens is 1360 g/mol. The van der Waals surface area contributed by atoms with Gasteiger partial charge in [-0.1, -0.05) is 92.4 Å². The Kier molecular flexibility index (Phi) is 38.1. The Balaban J connectivity index is -0.000000867. The van der Waals surface area contributed by atoms with Gasteiger partial charge >= 0.3 is 42.1 Å². The summed E-state index contributed by atoms with van der Waals surface area (Å²) in [6, 6.07) is 46.9. The van der Waals surface area contributed by atoms with Gasteiger partial charge in [-0.2, -0.15) is 0 Å². The Bertz CT molecular complexity index is 2570. The van der Waals surface area contributed by atoms with Crippen LogP contribution in [-0.2, 0) is 46.9 Å². The molecule has 4 heterocycles. The van der Waals surface area contributed by atoms with Crippen LogP contribution >= 0.6 is 0 Å². The van der Waals surface area contributed by atoms with Crippen molar-refractivity contribution in [1.29, 1.82) is 0 Å². The fourth-order valence-corrected chi connectivity index (χ4v) is 5.50. The number of nitrogens with zero attached hydrogens (tertiary/aromatic N) is 4. The van der Waals surface area contributed by atoms with Crippen LogP contribution in [0.15, 0.2) is 164 Å². The van der Waals surface area contributed by atoms with Gasteiger partial charge < -0.3 is 27.4 Å². The summed E-state index contributed by atoms with van der Waals surface area (Å²) in [6.45, 7) is 1.08. The van der Waals surface area contributed by atoms with Gasteiger partial charge in [-0.3, -0.25) is 37.3 Å². The molecule has 4 aromatic heterocycles. The van der Waals surface area contributed by atoms with Gasteiger partial charge in [0.15, 0.2) is 0 Å². The minimum Gasteiger partial charge on any atom is -0.481 e. The molecule has 1 aliphatic rings. The minimum atomic E-state index is -2.17. The van der Waals surface area contributed by atoms with Gasteiger partial charge in [-0.25, -0.2) is 31.3 Å². The molecule has 0 bridgehead atoms. The van der Waals surface area contributed by atoms with Gasteiger partial charge in [0.1, 0.15) is 0 Å². The van der Waals surface area contributed by atoms with Crippen molar-refractivity contribution in [3.05, 3.63) is 263 Å². The zero-order valence-electron chi connectivity index (χ0n) is 40.5. The van der Waals surface area contributed by atoms with Crippen molar-refractivity contribution in [2.45, 2.75) is 40.0 Å². The number of hydrogen-bond acceptors (Lipinski definition) is 5. The van der Waals surface area contributed by atoms with Gasteiger partial charge in [0.25, 0.3) is 5.97 Å². The number of allylic oxidation sites excluding steroid dienone is 4. The molecule has 0 saturated carbocycles.